The molecule has 0 spiro atoms. The Bertz CT molecular complexity index is 616. The first-order valence-electron chi connectivity index (χ1n) is 5.46. The Hall–Kier alpha value is -1.82. The largest absolute Gasteiger partial charge is 0.489 e. The molecular weight excluding hydrogens is 298 g/mol. The van der Waals surface area contributed by atoms with Crippen LogP contribution in [0.4, 0.5) is 17.6 Å². The molecule has 0 saturated heterocycles. The number of ether oxygens (including phenoxy) is 1. The number of hydrogen-bond acceptors (Lipinski definition) is 2. The Balaban J connectivity index is 2.14. The Morgan fingerprint density at radius 3 is 2.55 bits per heavy atom. The van der Waals surface area contributed by atoms with Gasteiger partial charge in [0.15, 0.2) is 0 Å². The summed E-state index contributed by atoms with van der Waals surface area (Å²) < 4.78 is 55.8. The van der Waals surface area contributed by atoms with Gasteiger partial charge in [0, 0.05) is 6.20 Å². The summed E-state index contributed by atoms with van der Waals surface area (Å²) in [5.74, 6) is -1.41. The normalized spacial score (nSPS) is 11.4. The van der Waals surface area contributed by atoms with Crippen LogP contribution in [0.15, 0.2) is 36.5 Å². The summed E-state index contributed by atoms with van der Waals surface area (Å²) in [5.41, 5.74) is -0.717. The monoisotopic (exact) mass is 305 g/mol. The SMILES string of the molecule is Fc1ccc(OCc2ccnc(Cl)c2)cc1C(F)(F)F. The lowest BCUT2D eigenvalue weighted by Crippen LogP contribution is -2.08. The lowest BCUT2D eigenvalue weighted by atomic mass is 10.2. The number of benzene rings is 1. The van der Waals surface area contributed by atoms with Gasteiger partial charge in [-0.2, -0.15) is 13.2 Å². The van der Waals surface area contributed by atoms with Crippen molar-refractivity contribution in [2.24, 2.45) is 0 Å². The van der Waals surface area contributed by atoms with Crippen LogP contribution in [0, 0.1) is 5.82 Å². The number of nitrogens with zero attached hydrogens (tertiary/aromatic N) is 1. The van der Waals surface area contributed by atoms with Crippen LogP contribution in [-0.2, 0) is 12.8 Å². The molecule has 1 aromatic heterocycles. The van der Waals surface area contributed by atoms with E-state index in [0.29, 0.717) is 11.6 Å². The van der Waals surface area contributed by atoms with Gasteiger partial charge >= 0.3 is 6.18 Å². The minimum atomic E-state index is -4.76. The van der Waals surface area contributed by atoms with Gasteiger partial charge in [0.1, 0.15) is 23.3 Å². The molecule has 0 atom stereocenters. The number of alkyl halides is 3. The van der Waals surface area contributed by atoms with Gasteiger partial charge < -0.3 is 4.74 Å². The highest BCUT2D eigenvalue weighted by Crippen LogP contribution is 2.33. The van der Waals surface area contributed by atoms with E-state index < -0.39 is 17.6 Å². The summed E-state index contributed by atoms with van der Waals surface area (Å²) in [4.78, 5) is 3.76. The van der Waals surface area contributed by atoms with Gasteiger partial charge in [-0.25, -0.2) is 9.37 Å². The minimum Gasteiger partial charge on any atom is -0.489 e. The highest BCUT2D eigenvalue weighted by molar-refractivity contribution is 6.29. The fourth-order valence-electron chi connectivity index (χ4n) is 1.51. The van der Waals surface area contributed by atoms with E-state index in [1.807, 2.05) is 0 Å². The molecule has 0 aliphatic carbocycles. The maximum absolute atomic E-state index is 13.1. The zero-order valence-corrected chi connectivity index (χ0v) is 10.7. The van der Waals surface area contributed by atoms with Gasteiger partial charge in [-0.05, 0) is 35.9 Å². The minimum absolute atomic E-state index is 0.00513. The van der Waals surface area contributed by atoms with Crippen LogP contribution in [-0.4, -0.2) is 4.98 Å². The summed E-state index contributed by atoms with van der Waals surface area (Å²) in [6, 6.07) is 5.61. The molecule has 0 aliphatic rings. The molecule has 1 aromatic carbocycles. The first kappa shape index (κ1) is 14.6. The number of aromatic nitrogens is 1. The molecule has 0 radical (unpaired) electrons. The highest BCUT2D eigenvalue weighted by atomic mass is 35.5. The lowest BCUT2D eigenvalue weighted by molar-refractivity contribution is -0.140. The average molecular weight is 306 g/mol. The third-order valence-electron chi connectivity index (χ3n) is 2.44. The Labute approximate surface area is 117 Å². The van der Waals surface area contributed by atoms with Crippen molar-refractivity contribution in [3.8, 4) is 5.75 Å². The smallest absolute Gasteiger partial charge is 0.419 e. The standard InChI is InChI=1S/C13H8ClF4NO/c14-12-5-8(3-4-19-12)7-20-9-1-2-11(15)10(6-9)13(16,17)18/h1-6H,7H2. The van der Waals surface area contributed by atoms with Crippen LogP contribution in [0.2, 0.25) is 5.15 Å². The third kappa shape index (κ3) is 3.60. The molecule has 20 heavy (non-hydrogen) atoms. The van der Waals surface area contributed by atoms with Gasteiger partial charge in [0.25, 0.3) is 0 Å². The first-order chi connectivity index (χ1) is 9.36. The third-order valence-corrected chi connectivity index (χ3v) is 2.65. The highest BCUT2D eigenvalue weighted by Gasteiger charge is 2.34. The topological polar surface area (TPSA) is 22.1 Å². The molecule has 1 heterocycles. The first-order valence-corrected chi connectivity index (χ1v) is 5.84. The van der Waals surface area contributed by atoms with Crippen molar-refractivity contribution in [2.75, 3.05) is 0 Å². The van der Waals surface area contributed by atoms with Crippen molar-refractivity contribution in [1.29, 1.82) is 0 Å². The molecule has 2 rings (SSSR count). The van der Waals surface area contributed by atoms with E-state index in [1.165, 1.54) is 12.3 Å². The average Bonchev–Trinajstić information content (AvgIpc) is 2.36. The Morgan fingerprint density at radius 2 is 1.90 bits per heavy atom. The zero-order valence-electron chi connectivity index (χ0n) is 9.92. The van der Waals surface area contributed by atoms with Crippen LogP contribution in [0.1, 0.15) is 11.1 Å². The predicted molar refractivity (Wildman–Crippen MR) is 65.0 cm³/mol. The van der Waals surface area contributed by atoms with E-state index in [4.69, 9.17) is 16.3 Å². The maximum Gasteiger partial charge on any atom is 0.419 e. The molecule has 0 unspecified atom stereocenters. The number of pyridine rings is 1. The molecule has 106 valence electrons. The van der Waals surface area contributed by atoms with Crippen molar-refractivity contribution < 1.29 is 22.3 Å². The van der Waals surface area contributed by atoms with Gasteiger partial charge in [-0.1, -0.05) is 11.6 Å². The lowest BCUT2D eigenvalue weighted by Gasteiger charge is -2.11. The Kier molecular flexibility index (Phi) is 4.13. The van der Waals surface area contributed by atoms with Crippen LogP contribution >= 0.6 is 11.6 Å². The summed E-state index contributed by atoms with van der Waals surface area (Å²) in [7, 11) is 0. The van der Waals surface area contributed by atoms with E-state index >= 15 is 0 Å². The molecule has 7 heteroatoms. The molecule has 0 fully saturated rings. The van der Waals surface area contributed by atoms with Crippen LogP contribution in [0.3, 0.4) is 0 Å². The summed E-state index contributed by atoms with van der Waals surface area (Å²) >= 11 is 5.67. The fraction of sp³-hybridized carbons (Fsp3) is 0.154. The number of hydrogen-bond donors (Lipinski definition) is 0. The van der Waals surface area contributed by atoms with Gasteiger partial charge in [0.2, 0.25) is 0 Å². The van der Waals surface area contributed by atoms with E-state index in [-0.39, 0.29) is 17.5 Å². The molecule has 2 aromatic rings. The second-order valence-electron chi connectivity index (χ2n) is 3.91. The summed E-state index contributed by atoms with van der Waals surface area (Å²) in [5, 5.41) is 0.251. The van der Waals surface area contributed by atoms with E-state index in [9.17, 15) is 17.6 Å². The number of rotatable bonds is 3. The number of halogens is 5. The van der Waals surface area contributed by atoms with Crippen molar-refractivity contribution in [1.82, 2.24) is 4.98 Å². The Morgan fingerprint density at radius 1 is 1.15 bits per heavy atom. The molecule has 0 aliphatic heterocycles. The van der Waals surface area contributed by atoms with Crippen LogP contribution < -0.4 is 4.74 Å². The second kappa shape index (κ2) is 5.66. The predicted octanol–water partition coefficient (Wildman–Crippen LogP) is 4.47. The van der Waals surface area contributed by atoms with E-state index in [2.05, 4.69) is 4.98 Å². The van der Waals surface area contributed by atoms with Crippen LogP contribution in [0.5, 0.6) is 5.75 Å². The molecule has 0 N–H and O–H groups in total. The van der Waals surface area contributed by atoms with Crippen molar-refractivity contribution in [3.63, 3.8) is 0 Å². The second-order valence-corrected chi connectivity index (χ2v) is 4.30. The van der Waals surface area contributed by atoms with Crippen molar-refractivity contribution >= 4 is 11.6 Å². The molecule has 0 bridgehead atoms. The van der Waals surface area contributed by atoms with Crippen molar-refractivity contribution in [3.05, 3.63) is 58.6 Å². The van der Waals surface area contributed by atoms with Crippen molar-refractivity contribution in [2.45, 2.75) is 12.8 Å². The zero-order chi connectivity index (χ0) is 14.8. The molecule has 0 amide bonds. The molecular formula is C13H8ClF4NO. The molecule has 2 nitrogen and oxygen atoms in total. The van der Waals surface area contributed by atoms with Gasteiger partial charge in [-0.15, -0.1) is 0 Å². The van der Waals surface area contributed by atoms with Crippen LogP contribution in [0.25, 0.3) is 0 Å². The fourth-order valence-corrected chi connectivity index (χ4v) is 1.71. The summed E-state index contributed by atoms with van der Waals surface area (Å²) in [6.07, 6.45) is -3.31. The van der Waals surface area contributed by atoms with E-state index in [1.54, 1.807) is 6.07 Å². The maximum atomic E-state index is 13.1. The molecule has 0 saturated carbocycles. The quantitative estimate of drug-likeness (QED) is 0.616. The summed E-state index contributed by atoms with van der Waals surface area (Å²) in [6.45, 7) is 0.00513. The van der Waals surface area contributed by atoms with E-state index in [0.717, 1.165) is 12.1 Å². The van der Waals surface area contributed by atoms with Gasteiger partial charge in [0.05, 0.1) is 5.56 Å². The van der Waals surface area contributed by atoms with Gasteiger partial charge in [-0.3, -0.25) is 0 Å².